The van der Waals surface area contributed by atoms with E-state index in [1.54, 1.807) is 0 Å². The topological polar surface area (TPSA) is 53.1 Å². The second-order valence-electron chi connectivity index (χ2n) is 7.00. The van der Waals surface area contributed by atoms with Gasteiger partial charge in [0.05, 0.1) is 5.69 Å². The van der Waals surface area contributed by atoms with Crippen molar-refractivity contribution in [2.24, 2.45) is 0 Å². The highest BCUT2D eigenvalue weighted by Crippen LogP contribution is 2.40. The van der Waals surface area contributed by atoms with Gasteiger partial charge in [0.1, 0.15) is 5.82 Å². The number of hydrogen-bond acceptors (Lipinski definition) is 5. The van der Waals surface area contributed by atoms with Gasteiger partial charge in [-0.25, -0.2) is 4.98 Å². The van der Waals surface area contributed by atoms with E-state index in [0.29, 0.717) is 11.9 Å². The number of benzene rings is 1. The van der Waals surface area contributed by atoms with Crippen molar-refractivity contribution in [3.8, 4) is 0 Å². The highest BCUT2D eigenvalue weighted by atomic mass is 35.5. The highest BCUT2D eigenvalue weighted by Gasteiger charge is 2.26. The predicted octanol–water partition coefficient (Wildman–Crippen LogP) is 4.34. The molecule has 1 aliphatic rings. The molecule has 1 fully saturated rings. The molecule has 1 aromatic carbocycles. The van der Waals surface area contributed by atoms with E-state index < -0.39 is 0 Å². The van der Waals surface area contributed by atoms with Gasteiger partial charge in [-0.2, -0.15) is 4.98 Å². The summed E-state index contributed by atoms with van der Waals surface area (Å²) in [5, 5.41) is 7.55. The number of anilines is 3. The lowest BCUT2D eigenvalue weighted by Crippen LogP contribution is -2.21. The van der Waals surface area contributed by atoms with E-state index in [9.17, 15) is 0 Å². The van der Waals surface area contributed by atoms with Gasteiger partial charge >= 0.3 is 0 Å². The molecule has 2 aromatic rings. The third-order valence-corrected chi connectivity index (χ3v) is 4.85. The van der Waals surface area contributed by atoms with Crippen LogP contribution in [0.3, 0.4) is 0 Å². The van der Waals surface area contributed by atoms with Crippen molar-refractivity contribution >= 4 is 29.1 Å². The Morgan fingerprint density at radius 3 is 2.64 bits per heavy atom. The summed E-state index contributed by atoms with van der Waals surface area (Å²) in [5.41, 5.74) is 4.32. The van der Waals surface area contributed by atoms with Crippen LogP contribution in [0, 0.1) is 13.8 Å². The molecule has 2 N–H and O–H groups in total. The van der Waals surface area contributed by atoms with E-state index in [-0.39, 0.29) is 0 Å². The minimum Gasteiger partial charge on any atom is -0.353 e. The summed E-state index contributed by atoms with van der Waals surface area (Å²) >= 11 is 6.28. The third-order valence-electron chi connectivity index (χ3n) is 4.44. The van der Waals surface area contributed by atoms with Crippen LogP contribution < -0.4 is 10.6 Å². The number of likely N-dealkylation sites (N-methyl/N-ethyl adjacent to an activating group) is 1. The average Bonchev–Trinajstić information content (AvgIpc) is 3.40. The quantitative estimate of drug-likeness (QED) is 0.770. The summed E-state index contributed by atoms with van der Waals surface area (Å²) in [5.74, 6) is 2.07. The summed E-state index contributed by atoms with van der Waals surface area (Å²) in [6.07, 6.45) is 2.42. The first-order valence-electron chi connectivity index (χ1n) is 8.74. The molecule has 0 unspecified atom stereocenters. The first-order chi connectivity index (χ1) is 11.9. The lowest BCUT2D eigenvalue weighted by molar-refractivity contribution is 0.425. The Bertz CT molecular complexity index is 756. The van der Waals surface area contributed by atoms with Crippen LogP contribution in [0.1, 0.15) is 35.6 Å². The maximum absolute atomic E-state index is 6.28. The fourth-order valence-corrected chi connectivity index (χ4v) is 2.89. The first kappa shape index (κ1) is 18.0. The van der Waals surface area contributed by atoms with Gasteiger partial charge in [-0.15, -0.1) is 0 Å². The standard InChI is InChI=1S/C19H26ClN5/c1-12-5-8-15(20)13(2)18(12)23-17-11-16(14-6-7-14)22-19(24-17)21-9-10-25(3)4/h5,8,11,14H,6-7,9-10H2,1-4H3,(H2,21,22,23,24). The Hall–Kier alpha value is -1.85. The second kappa shape index (κ2) is 7.58. The summed E-state index contributed by atoms with van der Waals surface area (Å²) in [6.45, 7) is 5.85. The molecule has 0 saturated heterocycles. The number of nitrogens with one attached hydrogen (secondary N) is 2. The van der Waals surface area contributed by atoms with E-state index in [1.807, 2.05) is 19.1 Å². The Balaban J connectivity index is 1.85. The van der Waals surface area contributed by atoms with Gasteiger partial charge in [-0.1, -0.05) is 17.7 Å². The van der Waals surface area contributed by atoms with Crippen LogP contribution in [-0.2, 0) is 0 Å². The Morgan fingerprint density at radius 2 is 1.96 bits per heavy atom. The molecule has 0 spiro atoms. The molecule has 1 saturated carbocycles. The lowest BCUT2D eigenvalue weighted by atomic mass is 10.1. The van der Waals surface area contributed by atoms with Crippen LogP contribution in [0.5, 0.6) is 0 Å². The Kier molecular flexibility index (Phi) is 5.45. The molecule has 0 atom stereocenters. The van der Waals surface area contributed by atoms with Crippen molar-refractivity contribution in [2.45, 2.75) is 32.6 Å². The summed E-state index contributed by atoms with van der Waals surface area (Å²) < 4.78 is 0. The minimum absolute atomic E-state index is 0.569. The molecular weight excluding hydrogens is 334 g/mol. The number of aromatic nitrogens is 2. The lowest BCUT2D eigenvalue weighted by Gasteiger charge is -2.16. The number of rotatable bonds is 7. The zero-order chi connectivity index (χ0) is 18.0. The van der Waals surface area contributed by atoms with E-state index in [4.69, 9.17) is 11.6 Å². The largest absolute Gasteiger partial charge is 0.353 e. The minimum atomic E-state index is 0.569. The number of halogens is 1. The molecule has 0 bridgehead atoms. The zero-order valence-electron chi connectivity index (χ0n) is 15.4. The van der Waals surface area contributed by atoms with Gasteiger partial charge in [0.25, 0.3) is 0 Å². The van der Waals surface area contributed by atoms with Crippen molar-refractivity contribution in [3.05, 3.63) is 40.0 Å². The van der Waals surface area contributed by atoms with Gasteiger partial charge in [-0.05, 0) is 58.0 Å². The molecular formula is C19H26ClN5. The monoisotopic (exact) mass is 359 g/mol. The molecule has 25 heavy (non-hydrogen) atoms. The Morgan fingerprint density at radius 1 is 1.20 bits per heavy atom. The number of nitrogens with zero attached hydrogens (tertiary/aromatic N) is 3. The van der Waals surface area contributed by atoms with Crippen LogP contribution >= 0.6 is 11.6 Å². The van der Waals surface area contributed by atoms with Crippen molar-refractivity contribution in [1.82, 2.24) is 14.9 Å². The van der Waals surface area contributed by atoms with Crippen molar-refractivity contribution in [3.63, 3.8) is 0 Å². The number of hydrogen-bond donors (Lipinski definition) is 2. The van der Waals surface area contributed by atoms with Gasteiger partial charge in [0, 0.05) is 35.8 Å². The molecule has 5 nitrogen and oxygen atoms in total. The molecule has 1 aromatic heterocycles. The van der Waals surface area contributed by atoms with Gasteiger partial charge in [0.2, 0.25) is 5.95 Å². The molecule has 0 aliphatic heterocycles. The molecule has 6 heteroatoms. The highest BCUT2D eigenvalue weighted by molar-refractivity contribution is 6.31. The predicted molar refractivity (Wildman–Crippen MR) is 105 cm³/mol. The van der Waals surface area contributed by atoms with E-state index in [2.05, 4.69) is 52.6 Å². The van der Waals surface area contributed by atoms with Crippen LogP contribution in [0.2, 0.25) is 5.02 Å². The molecule has 1 heterocycles. The average molecular weight is 360 g/mol. The van der Waals surface area contributed by atoms with Crippen molar-refractivity contribution in [1.29, 1.82) is 0 Å². The maximum atomic E-state index is 6.28. The van der Waals surface area contributed by atoms with E-state index in [0.717, 1.165) is 46.4 Å². The smallest absolute Gasteiger partial charge is 0.224 e. The molecule has 3 rings (SSSR count). The van der Waals surface area contributed by atoms with Crippen molar-refractivity contribution < 1.29 is 0 Å². The van der Waals surface area contributed by atoms with E-state index >= 15 is 0 Å². The normalized spacial score (nSPS) is 14.0. The fraction of sp³-hybridized carbons (Fsp3) is 0.474. The van der Waals surface area contributed by atoms with Gasteiger partial charge in [0.15, 0.2) is 0 Å². The second-order valence-corrected chi connectivity index (χ2v) is 7.40. The van der Waals surface area contributed by atoms with Gasteiger partial charge in [-0.3, -0.25) is 0 Å². The van der Waals surface area contributed by atoms with Crippen molar-refractivity contribution in [2.75, 3.05) is 37.8 Å². The Labute approximate surface area is 154 Å². The van der Waals surface area contributed by atoms with Crippen LogP contribution in [0.25, 0.3) is 0 Å². The van der Waals surface area contributed by atoms with Gasteiger partial charge < -0.3 is 15.5 Å². The fourth-order valence-electron chi connectivity index (χ4n) is 2.73. The SMILES string of the molecule is Cc1ccc(Cl)c(C)c1Nc1cc(C2CC2)nc(NCCN(C)C)n1. The number of aryl methyl sites for hydroxylation is 1. The van der Waals surface area contributed by atoms with Crippen LogP contribution in [0.15, 0.2) is 18.2 Å². The van der Waals surface area contributed by atoms with Crippen LogP contribution in [-0.4, -0.2) is 42.1 Å². The summed E-state index contributed by atoms with van der Waals surface area (Å²) in [6, 6.07) is 6.02. The maximum Gasteiger partial charge on any atom is 0.224 e. The third kappa shape index (κ3) is 4.61. The summed E-state index contributed by atoms with van der Waals surface area (Å²) in [7, 11) is 4.11. The zero-order valence-corrected chi connectivity index (χ0v) is 16.1. The molecule has 0 amide bonds. The molecule has 134 valence electrons. The summed E-state index contributed by atoms with van der Waals surface area (Å²) in [4.78, 5) is 11.5. The molecule has 1 aliphatic carbocycles. The first-order valence-corrected chi connectivity index (χ1v) is 9.12. The van der Waals surface area contributed by atoms with E-state index in [1.165, 1.54) is 12.8 Å². The molecule has 0 radical (unpaired) electrons. The van der Waals surface area contributed by atoms with Crippen LogP contribution in [0.4, 0.5) is 17.5 Å².